The van der Waals surface area contributed by atoms with Gasteiger partial charge >= 0.3 is 0 Å². The summed E-state index contributed by atoms with van der Waals surface area (Å²) in [6, 6.07) is 17.8. The normalized spacial score (nSPS) is 10.8. The monoisotopic (exact) mass is 603 g/mol. The van der Waals surface area contributed by atoms with E-state index in [0.29, 0.717) is 38.3 Å². The van der Waals surface area contributed by atoms with Gasteiger partial charge in [0.15, 0.2) is 23.1 Å². The zero-order chi connectivity index (χ0) is 28.4. The smallest absolute Gasteiger partial charge is 0.268 e. The van der Waals surface area contributed by atoms with Crippen LogP contribution in [0.3, 0.4) is 0 Å². The summed E-state index contributed by atoms with van der Waals surface area (Å²) in [4.78, 5) is 30.5. The summed E-state index contributed by atoms with van der Waals surface area (Å²) in [7, 11) is 3.04. The first kappa shape index (κ1) is 26.9. The van der Waals surface area contributed by atoms with Crippen molar-refractivity contribution in [3.05, 3.63) is 111 Å². The van der Waals surface area contributed by atoms with Crippen molar-refractivity contribution in [3.63, 3.8) is 0 Å². The van der Waals surface area contributed by atoms with Crippen LogP contribution in [-0.2, 0) is 0 Å². The molecular weight excluding hydrogens is 581 g/mol. The summed E-state index contributed by atoms with van der Waals surface area (Å²) < 4.78 is 33.6. The van der Waals surface area contributed by atoms with E-state index in [4.69, 9.17) is 14.2 Å². The quantitative estimate of drug-likeness (QED) is 0.224. The summed E-state index contributed by atoms with van der Waals surface area (Å²) in [6.07, 6.45) is 3.13. The molecule has 0 aliphatic carbocycles. The average molecular weight is 604 g/mol. The van der Waals surface area contributed by atoms with Gasteiger partial charge < -0.3 is 19.5 Å². The Hall–Kier alpha value is -4.70. The van der Waals surface area contributed by atoms with Crippen LogP contribution < -0.4 is 25.1 Å². The fourth-order valence-corrected chi connectivity index (χ4v) is 4.63. The van der Waals surface area contributed by atoms with Gasteiger partial charge in [-0.25, -0.2) is 4.39 Å². The SMILES string of the molecule is COc1cc2nccc(Oc3ccc(NC(=O)c4cc(Br)cn(-c5cccc(C)c5)c4=O)cc3F)c2cc1OC. The number of carbonyl (C=O) groups is 1. The van der Waals surface area contributed by atoms with Gasteiger partial charge in [0.25, 0.3) is 11.5 Å². The largest absolute Gasteiger partial charge is 0.493 e. The van der Waals surface area contributed by atoms with Crippen LogP contribution in [0.15, 0.2) is 88.4 Å². The van der Waals surface area contributed by atoms with Gasteiger partial charge in [0.1, 0.15) is 11.3 Å². The van der Waals surface area contributed by atoms with Gasteiger partial charge in [-0.3, -0.25) is 19.1 Å². The summed E-state index contributed by atoms with van der Waals surface area (Å²) in [5.74, 6) is -0.129. The Morgan fingerprint density at radius 2 is 1.73 bits per heavy atom. The lowest BCUT2D eigenvalue weighted by atomic mass is 10.1. The van der Waals surface area contributed by atoms with Crippen molar-refractivity contribution in [2.75, 3.05) is 19.5 Å². The van der Waals surface area contributed by atoms with E-state index in [-0.39, 0.29) is 17.0 Å². The molecule has 0 aliphatic rings. The van der Waals surface area contributed by atoms with E-state index in [2.05, 4.69) is 26.2 Å². The lowest BCUT2D eigenvalue weighted by Gasteiger charge is -2.13. The lowest BCUT2D eigenvalue weighted by Crippen LogP contribution is -2.28. The molecule has 0 bridgehead atoms. The summed E-state index contributed by atoms with van der Waals surface area (Å²) in [5.41, 5.74) is 1.69. The second-order valence-electron chi connectivity index (χ2n) is 8.82. The molecule has 2 heterocycles. The molecule has 0 aliphatic heterocycles. The number of halogens is 2. The van der Waals surface area contributed by atoms with Crippen LogP contribution in [0.5, 0.6) is 23.0 Å². The van der Waals surface area contributed by atoms with Crippen molar-refractivity contribution in [1.82, 2.24) is 9.55 Å². The van der Waals surface area contributed by atoms with E-state index < -0.39 is 17.3 Å². The van der Waals surface area contributed by atoms with Gasteiger partial charge in [0.05, 0.1) is 19.7 Å². The van der Waals surface area contributed by atoms with Crippen LogP contribution in [0.2, 0.25) is 0 Å². The fraction of sp³-hybridized carbons (Fsp3) is 0.100. The molecule has 8 nitrogen and oxygen atoms in total. The maximum atomic E-state index is 15.1. The number of nitrogens with zero attached hydrogens (tertiary/aromatic N) is 2. The minimum atomic E-state index is -0.713. The topological polar surface area (TPSA) is 91.7 Å². The number of carbonyl (C=O) groups excluding carboxylic acids is 1. The summed E-state index contributed by atoms with van der Waals surface area (Å²) in [6.45, 7) is 1.91. The standard InChI is InChI=1S/C30H23BrFN3O5/c1-17-5-4-6-20(11-17)35-16-18(31)12-22(30(35)37)29(36)34-19-7-8-26(23(32)13-19)40-25-9-10-33-24-15-28(39-3)27(38-2)14-21(24)25/h4-16H,1-3H3,(H,34,36). The van der Waals surface area contributed by atoms with E-state index in [9.17, 15) is 9.59 Å². The van der Waals surface area contributed by atoms with Crippen LogP contribution in [0.4, 0.5) is 10.1 Å². The molecule has 5 aromatic rings. The van der Waals surface area contributed by atoms with Crippen molar-refractivity contribution >= 4 is 38.4 Å². The number of pyridine rings is 2. The minimum absolute atomic E-state index is 0.0652. The number of aromatic nitrogens is 2. The highest BCUT2D eigenvalue weighted by molar-refractivity contribution is 9.10. The molecule has 0 unspecified atom stereocenters. The van der Waals surface area contributed by atoms with Crippen LogP contribution in [0, 0.1) is 12.7 Å². The highest BCUT2D eigenvalue weighted by atomic mass is 79.9. The van der Waals surface area contributed by atoms with Gasteiger partial charge in [0, 0.05) is 45.8 Å². The molecule has 0 spiro atoms. The summed E-state index contributed by atoms with van der Waals surface area (Å²) >= 11 is 3.37. The van der Waals surface area contributed by atoms with Crippen LogP contribution in [-0.4, -0.2) is 29.7 Å². The third-order valence-corrected chi connectivity index (χ3v) is 6.56. The number of amides is 1. The van der Waals surface area contributed by atoms with E-state index in [1.54, 1.807) is 30.5 Å². The number of aryl methyl sites for hydroxylation is 1. The van der Waals surface area contributed by atoms with Crippen molar-refractivity contribution in [3.8, 4) is 28.7 Å². The molecule has 0 radical (unpaired) electrons. The first-order chi connectivity index (χ1) is 19.3. The maximum absolute atomic E-state index is 15.1. The Morgan fingerprint density at radius 1 is 0.950 bits per heavy atom. The van der Waals surface area contributed by atoms with Gasteiger partial charge in [-0.05, 0) is 70.9 Å². The predicted octanol–water partition coefficient (Wildman–Crippen LogP) is 6.66. The third kappa shape index (κ3) is 5.39. The van der Waals surface area contributed by atoms with Crippen molar-refractivity contribution in [2.24, 2.45) is 0 Å². The molecular formula is C30H23BrFN3O5. The van der Waals surface area contributed by atoms with E-state index in [0.717, 1.165) is 11.6 Å². The predicted molar refractivity (Wildman–Crippen MR) is 154 cm³/mol. The van der Waals surface area contributed by atoms with E-state index in [1.807, 2.05) is 25.1 Å². The zero-order valence-electron chi connectivity index (χ0n) is 21.7. The van der Waals surface area contributed by atoms with Crippen LogP contribution in [0.1, 0.15) is 15.9 Å². The van der Waals surface area contributed by atoms with Crippen molar-refractivity contribution < 1.29 is 23.4 Å². The Labute approximate surface area is 237 Å². The lowest BCUT2D eigenvalue weighted by molar-refractivity contribution is 0.102. The Kier molecular flexibility index (Phi) is 7.52. The molecule has 10 heteroatoms. The van der Waals surface area contributed by atoms with Gasteiger partial charge in [-0.15, -0.1) is 0 Å². The molecule has 0 saturated carbocycles. The number of methoxy groups -OCH3 is 2. The Balaban J connectivity index is 1.41. The molecule has 2 aromatic heterocycles. The van der Waals surface area contributed by atoms with Gasteiger partial charge in [-0.1, -0.05) is 12.1 Å². The Bertz CT molecular complexity index is 1820. The summed E-state index contributed by atoms with van der Waals surface area (Å²) in [5, 5.41) is 3.19. The molecule has 0 fully saturated rings. The molecule has 0 saturated heterocycles. The molecule has 3 aromatic carbocycles. The zero-order valence-corrected chi connectivity index (χ0v) is 23.3. The first-order valence-corrected chi connectivity index (χ1v) is 12.9. The van der Waals surface area contributed by atoms with Crippen molar-refractivity contribution in [1.29, 1.82) is 0 Å². The number of hydrogen-bond acceptors (Lipinski definition) is 6. The number of fused-ring (bicyclic) bond motifs is 1. The first-order valence-electron chi connectivity index (χ1n) is 12.1. The van der Waals surface area contributed by atoms with E-state index >= 15 is 4.39 Å². The number of benzene rings is 3. The maximum Gasteiger partial charge on any atom is 0.268 e. The van der Waals surface area contributed by atoms with Crippen molar-refractivity contribution in [2.45, 2.75) is 6.92 Å². The van der Waals surface area contributed by atoms with E-state index in [1.165, 1.54) is 43.2 Å². The van der Waals surface area contributed by atoms with Gasteiger partial charge in [-0.2, -0.15) is 0 Å². The van der Waals surface area contributed by atoms with Crippen LogP contribution in [0.25, 0.3) is 16.6 Å². The second kappa shape index (κ2) is 11.2. The number of nitrogens with one attached hydrogen (secondary N) is 1. The molecule has 202 valence electrons. The number of anilines is 1. The number of ether oxygens (including phenoxy) is 3. The Morgan fingerprint density at radius 3 is 2.45 bits per heavy atom. The molecule has 40 heavy (non-hydrogen) atoms. The number of rotatable bonds is 7. The molecule has 5 rings (SSSR count). The molecule has 0 atom stereocenters. The fourth-order valence-electron chi connectivity index (χ4n) is 4.20. The molecule has 1 amide bonds. The average Bonchev–Trinajstić information content (AvgIpc) is 2.94. The van der Waals surface area contributed by atoms with Gasteiger partial charge in [0.2, 0.25) is 0 Å². The number of hydrogen-bond donors (Lipinski definition) is 1. The highest BCUT2D eigenvalue weighted by Crippen LogP contribution is 2.37. The third-order valence-electron chi connectivity index (χ3n) is 6.12. The second-order valence-corrected chi connectivity index (χ2v) is 9.74. The highest BCUT2D eigenvalue weighted by Gasteiger charge is 2.17. The van der Waals surface area contributed by atoms with Crippen LogP contribution >= 0.6 is 15.9 Å². The minimum Gasteiger partial charge on any atom is -0.493 e. The molecule has 1 N–H and O–H groups in total.